The number of rotatable bonds is 6. The molecule has 0 aromatic heterocycles. The Kier molecular flexibility index (Phi) is 5.84. The maximum absolute atomic E-state index is 12.0. The van der Waals surface area contributed by atoms with Gasteiger partial charge in [0.2, 0.25) is 0 Å². The van der Waals surface area contributed by atoms with Crippen LogP contribution in [0.1, 0.15) is 33.1 Å². The molecule has 14 heavy (non-hydrogen) atoms. The van der Waals surface area contributed by atoms with Gasteiger partial charge in [-0.25, -0.2) is 0 Å². The minimum absolute atomic E-state index is 0.102. The minimum Gasteiger partial charge on any atom is -0.311 e. The lowest BCUT2D eigenvalue weighted by molar-refractivity contribution is -0.139. The van der Waals surface area contributed by atoms with Gasteiger partial charge in [-0.2, -0.15) is 13.2 Å². The van der Waals surface area contributed by atoms with Gasteiger partial charge < -0.3 is 5.32 Å². The second-order valence-corrected chi connectivity index (χ2v) is 3.65. The zero-order valence-corrected chi connectivity index (χ0v) is 8.69. The highest BCUT2D eigenvalue weighted by molar-refractivity contribution is 4.74. The van der Waals surface area contributed by atoms with Gasteiger partial charge in [-0.05, 0) is 26.7 Å². The summed E-state index contributed by atoms with van der Waals surface area (Å²) in [7, 11) is 0. The molecule has 0 saturated heterocycles. The van der Waals surface area contributed by atoms with E-state index in [1.165, 1.54) is 0 Å². The summed E-state index contributed by atoms with van der Waals surface area (Å²) >= 11 is 0. The van der Waals surface area contributed by atoms with Crippen molar-refractivity contribution in [1.82, 2.24) is 5.32 Å². The van der Waals surface area contributed by atoms with E-state index in [1.54, 1.807) is 13.0 Å². The van der Waals surface area contributed by atoms with Gasteiger partial charge in [-0.15, -0.1) is 6.58 Å². The second-order valence-electron chi connectivity index (χ2n) is 3.65. The first-order valence-corrected chi connectivity index (χ1v) is 4.79. The van der Waals surface area contributed by atoms with Crippen LogP contribution in [0.5, 0.6) is 0 Å². The fourth-order valence-corrected chi connectivity index (χ4v) is 1.34. The van der Waals surface area contributed by atoms with E-state index >= 15 is 0 Å². The molecule has 0 spiro atoms. The monoisotopic (exact) mass is 209 g/mol. The van der Waals surface area contributed by atoms with Crippen molar-refractivity contribution in [3.8, 4) is 0 Å². The third-order valence-electron chi connectivity index (χ3n) is 1.91. The Balaban J connectivity index is 3.70. The minimum atomic E-state index is -4.08. The number of hydrogen-bond acceptors (Lipinski definition) is 1. The molecule has 84 valence electrons. The first-order chi connectivity index (χ1) is 6.35. The average molecular weight is 209 g/mol. The Morgan fingerprint density at radius 2 is 1.86 bits per heavy atom. The summed E-state index contributed by atoms with van der Waals surface area (Å²) in [5.41, 5.74) is 0. The average Bonchev–Trinajstić information content (AvgIpc) is 1.96. The van der Waals surface area contributed by atoms with Crippen LogP contribution in [-0.2, 0) is 0 Å². The van der Waals surface area contributed by atoms with Gasteiger partial charge in [0.15, 0.2) is 0 Å². The van der Waals surface area contributed by atoms with Crippen LogP contribution in [0.4, 0.5) is 13.2 Å². The molecule has 2 unspecified atom stereocenters. The fourth-order valence-electron chi connectivity index (χ4n) is 1.34. The van der Waals surface area contributed by atoms with Crippen LogP contribution in [0.2, 0.25) is 0 Å². The molecular formula is C10H18F3N. The summed E-state index contributed by atoms with van der Waals surface area (Å²) in [4.78, 5) is 0. The Morgan fingerprint density at radius 1 is 1.29 bits per heavy atom. The van der Waals surface area contributed by atoms with E-state index in [9.17, 15) is 13.2 Å². The first-order valence-electron chi connectivity index (χ1n) is 4.79. The summed E-state index contributed by atoms with van der Waals surface area (Å²) in [5.74, 6) is 0. The summed E-state index contributed by atoms with van der Waals surface area (Å²) in [6.45, 7) is 7.00. The number of hydrogen-bond donors (Lipinski definition) is 1. The lowest BCUT2D eigenvalue weighted by Crippen LogP contribution is -2.37. The van der Waals surface area contributed by atoms with Crippen molar-refractivity contribution in [3.63, 3.8) is 0 Å². The largest absolute Gasteiger partial charge is 0.390 e. The summed E-state index contributed by atoms with van der Waals surface area (Å²) < 4.78 is 35.9. The zero-order valence-electron chi connectivity index (χ0n) is 8.69. The third kappa shape index (κ3) is 8.10. The van der Waals surface area contributed by atoms with Gasteiger partial charge in [0, 0.05) is 12.1 Å². The lowest BCUT2D eigenvalue weighted by atomic mass is 10.1. The van der Waals surface area contributed by atoms with E-state index in [1.807, 2.05) is 6.92 Å². The van der Waals surface area contributed by atoms with Gasteiger partial charge in [-0.3, -0.25) is 0 Å². The molecule has 0 aliphatic carbocycles. The Morgan fingerprint density at radius 3 is 2.29 bits per heavy atom. The third-order valence-corrected chi connectivity index (χ3v) is 1.91. The molecule has 0 heterocycles. The molecule has 0 fully saturated rings. The van der Waals surface area contributed by atoms with Crippen LogP contribution in [0, 0.1) is 0 Å². The predicted octanol–water partition coefficient (Wildman–Crippen LogP) is 3.27. The zero-order chi connectivity index (χ0) is 11.2. The highest BCUT2D eigenvalue weighted by Crippen LogP contribution is 2.21. The van der Waals surface area contributed by atoms with E-state index in [4.69, 9.17) is 0 Å². The van der Waals surface area contributed by atoms with Crippen molar-refractivity contribution in [2.75, 3.05) is 0 Å². The fraction of sp³-hybridized carbons (Fsp3) is 0.800. The maximum Gasteiger partial charge on any atom is 0.390 e. The molecule has 1 nitrogen and oxygen atoms in total. The van der Waals surface area contributed by atoms with Crippen molar-refractivity contribution in [1.29, 1.82) is 0 Å². The van der Waals surface area contributed by atoms with Gasteiger partial charge in [0.25, 0.3) is 0 Å². The lowest BCUT2D eigenvalue weighted by Gasteiger charge is -2.20. The quantitative estimate of drug-likeness (QED) is 0.662. The number of alkyl halides is 3. The van der Waals surface area contributed by atoms with Crippen LogP contribution in [0.15, 0.2) is 12.7 Å². The van der Waals surface area contributed by atoms with E-state index in [0.29, 0.717) is 0 Å². The Labute approximate surface area is 83.4 Å². The van der Waals surface area contributed by atoms with E-state index in [-0.39, 0.29) is 6.04 Å². The topological polar surface area (TPSA) is 12.0 Å². The molecule has 0 aliphatic heterocycles. The summed E-state index contributed by atoms with van der Waals surface area (Å²) in [6.07, 6.45) is -1.43. The van der Waals surface area contributed by atoms with Gasteiger partial charge >= 0.3 is 6.18 Å². The van der Waals surface area contributed by atoms with Crippen LogP contribution in [0.25, 0.3) is 0 Å². The highest BCUT2D eigenvalue weighted by atomic mass is 19.4. The van der Waals surface area contributed by atoms with Crippen LogP contribution in [-0.4, -0.2) is 18.3 Å². The normalized spacial score (nSPS) is 16.4. The molecule has 0 saturated carbocycles. The molecule has 0 aliphatic rings. The van der Waals surface area contributed by atoms with Crippen molar-refractivity contribution in [3.05, 3.63) is 12.7 Å². The number of allylic oxidation sites excluding steroid dienone is 1. The van der Waals surface area contributed by atoms with Crippen LogP contribution in [0.3, 0.4) is 0 Å². The van der Waals surface area contributed by atoms with Gasteiger partial charge in [0.1, 0.15) is 0 Å². The molecular weight excluding hydrogens is 191 g/mol. The van der Waals surface area contributed by atoms with E-state index in [2.05, 4.69) is 11.9 Å². The van der Waals surface area contributed by atoms with Gasteiger partial charge in [0.05, 0.1) is 6.42 Å². The smallest absolute Gasteiger partial charge is 0.311 e. The molecule has 0 amide bonds. The van der Waals surface area contributed by atoms with Crippen LogP contribution < -0.4 is 5.32 Å². The number of nitrogens with one attached hydrogen (secondary N) is 1. The van der Waals surface area contributed by atoms with Crippen molar-refractivity contribution in [2.24, 2.45) is 0 Å². The standard InChI is InChI=1S/C10H18F3N/c1-4-5-6-8(2)14-9(3)7-10(11,12)13/h4,8-9,14H,1,5-7H2,2-3H3. The molecule has 0 bridgehead atoms. The summed E-state index contributed by atoms with van der Waals surface area (Å²) in [6, 6.07) is -0.417. The SMILES string of the molecule is C=CCCC(C)NC(C)CC(F)(F)F. The molecule has 2 atom stereocenters. The van der Waals surface area contributed by atoms with E-state index in [0.717, 1.165) is 12.8 Å². The Hall–Kier alpha value is -0.510. The molecule has 0 aromatic carbocycles. The van der Waals surface area contributed by atoms with Crippen molar-refractivity contribution >= 4 is 0 Å². The molecule has 0 radical (unpaired) electrons. The van der Waals surface area contributed by atoms with E-state index < -0.39 is 18.6 Å². The molecule has 0 aromatic rings. The molecule has 0 rings (SSSR count). The maximum atomic E-state index is 12.0. The highest BCUT2D eigenvalue weighted by Gasteiger charge is 2.30. The molecule has 1 N–H and O–H groups in total. The van der Waals surface area contributed by atoms with Crippen molar-refractivity contribution < 1.29 is 13.2 Å². The number of halogens is 3. The Bertz CT molecular complexity index is 165. The summed E-state index contributed by atoms with van der Waals surface area (Å²) in [5, 5.41) is 2.90. The first kappa shape index (κ1) is 13.5. The predicted molar refractivity (Wildman–Crippen MR) is 52.2 cm³/mol. The molecule has 4 heteroatoms. The second kappa shape index (κ2) is 6.06. The van der Waals surface area contributed by atoms with Gasteiger partial charge in [-0.1, -0.05) is 6.08 Å². The van der Waals surface area contributed by atoms with Crippen LogP contribution >= 0.6 is 0 Å². The van der Waals surface area contributed by atoms with Crippen molar-refractivity contribution in [2.45, 2.75) is 51.4 Å².